The van der Waals surface area contributed by atoms with E-state index in [1.54, 1.807) is 24.3 Å². The van der Waals surface area contributed by atoms with Gasteiger partial charge in [-0.25, -0.2) is 9.18 Å². The molecule has 0 aliphatic carbocycles. The Morgan fingerprint density at radius 2 is 1.83 bits per heavy atom. The van der Waals surface area contributed by atoms with E-state index in [1.807, 2.05) is 0 Å². The quantitative estimate of drug-likeness (QED) is 0.662. The molecule has 0 spiro atoms. The number of nitrogens with one attached hydrogen (secondary N) is 1. The summed E-state index contributed by atoms with van der Waals surface area (Å²) in [6.45, 7) is 0.751. The molecular weight excluding hydrogens is 337 g/mol. The third kappa shape index (κ3) is 4.39. The van der Waals surface area contributed by atoms with Gasteiger partial charge in [0, 0.05) is 10.6 Å². The zero-order valence-corrected chi connectivity index (χ0v) is 13.4. The van der Waals surface area contributed by atoms with Crippen LogP contribution in [0.15, 0.2) is 42.5 Å². The number of halogens is 2. The zero-order valence-electron chi connectivity index (χ0n) is 12.6. The molecular formula is C17H13ClFNO4. The van der Waals surface area contributed by atoms with E-state index < -0.39 is 24.3 Å². The third-order valence-corrected chi connectivity index (χ3v) is 3.30. The Bertz CT molecular complexity index is 807. The molecule has 7 heteroatoms. The van der Waals surface area contributed by atoms with Gasteiger partial charge in [-0.1, -0.05) is 23.7 Å². The summed E-state index contributed by atoms with van der Waals surface area (Å²) in [6.07, 6.45) is 0. The van der Waals surface area contributed by atoms with Crippen molar-refractivity contribution in [2.24, 2.45) is 0 Å². The number of anilines is 1. The summed E-state index contributed by atoms with van der Waals surface area (Å²) in [4.78, 5) is 35.1. The highest BCUT2D eigenvalue weighted by molar-refractivity contribution is 6.30. The van der Waals surface area contributed by atoms with Gasteiger partial charge in [-0.2, -0.15) is 0 Å². The Hall–Kier alpha value is -2.73. The minimum Gasteiger partial charge on any atom is -0.452 e. The van der Waals surface area contributed by atoms with Crippen LogP contribution >= 0.6 is 11.6 Å². The van der Waals surface area contributed by atoms with Gasteiger partial charge >= 0.3 is 5.97 Å². The Morgan fingerprint density at radius 3 is 2.50 bits per heavy atom. The lowest BCUT2D eigenvalue weighted by atomic mass is 10.1. The van der Waals surface area contributed by atoms with Crippen LogP contribution in [0.3, 0.4) is 0 Å². The number of rotatable bonds is 5. The number of esters is 1. The Labute approximate surface area is 142 Å². The van der Waals surface area contributed by atoms with Crippen molar-refractivity contribution in [2.45, 2.75) is 6.92 Å². The molecule has 0 heterocycles. The lowest BCUT2D eigenvalue weighted by Crippen LogP contribution is -2.22. The maximum Gasteiger partial charge on any atom is 0.341 e. The molecule has 2 rings (SSSR count). The highest BCUT2D eigenvalue weighted by atomic mass is 35.5. The van der Waals surface area contributed by atoms with E-state index in [0.717, 1.165) is 6.07 Å². The van der Waals surface area contributed by atoms with Crippen molar-refractivity contribution < 1.29 is 23.5 Å². The number of amides is 1. The van der Waals surface area contributed by atoms with Crippen LogP contribution < -0.4 is 5.32 Å². The molecule has 24 heavy (non-hydrogen) atoms. The van der Waals surface area contributed by atoms with Crippen LogP contribution in [-0.2, 0) is 9.53 Å². The van der Waals surface area contributed by atoms with Gasteiger partial charge in [0.05, 0.1) is 11.3 Å². The first-order valence-corrected chi connectivity index (χ1v) is 7.28. The number of Topliss-reactive ketones (excluding diaryl/α,β-unsaturated/α-hetero) is 1. The predicted molar refractivity (Wildman–Crippen MR) is 86.8 cm³/mol. The van der Waals surface area contributed by atoms with Crippen LogP contribution in [-0.4, -0.2) is 24.3 Å². The smallest absolute Gasteiger partial charge is 0.341 e. The molecule has 0 aromatic heterocycles. The van der Waals surface area contributed by atoms with E-state index in [9.17, 15) is 18.8 Å². The lowest BCUT2D eigenvalue weighted by molar-refractivity contribution is -0.119. The summed E-state index contributed by atoms with van der Waals surface area (Å²) in [7, 11) is 0. The van der Waals surface area contributed by atoms with E-state index in [4.69, 9.17) is 16.3 Å². The number of hydrogen-bond donors (Lipinski definition) is 1. The van der Waals surface area contributed by atoms with E-state index >= 15 is 0 Å². The van der Waals surface area contributed by atoms with Crippen molar-refractivity contribution >= 4 is 34.9 Å². The van der Waals surface area contributed by atoms with Crippen LogP contribution in [0.4, 0.5) is 10.1 Å². The highest BCUT2D eigenvalue weighted by Gasteiger charge is 2.16. The Balaban J connectivity index is 1.99. The standard InChI is InChI=1S/C17H13ClFNO4/c1-10(21)12-4-2-3-5-15(12)20-16(22)9-24-17(23)13-7-6-11(18)8-14(13)19/h2-8H,9H2,1H3,(H,20,22). The molecule has 2 aromatic carbocycles. The monoisotopic (exact) mass is 349 g/mol. The largest absolute Gasteiger partial charge is 0.452 e. The van der Waals surface area contributed by atoms with E-state index in [0.29, 0.717) is 11.3 Å². The average Bonchev–Trinajstić information content (AvgIpc) is 2.53. The van der Waals surface area contributed by atoms with Crippen LogP contribution in [0.1, 0.15) is 27.6 Å². The van der Waals surface area contributed by atoms with Crippen molar-refractivity contribution in [2.75, 3.05) is 11.9 Å². The topological polar surface area (TPSA) is 72.5 Å². The van der Waals surface area contributed by atoms with E-state index in [2.05, 4.69) is 5.32 Å². The number of hydrogen-bond acceptors (Lipinski definition) is 4. The molecule has 0 fully saturated rings. The molecule has 0 radical (unpaired) electrons. The Morgan fingerprint density at radius 1 is 1.12 bits per heavy atom. The van der Waals surface area contributed by atoms with Crippen molar-refractivity contribution in [3.8, 4) is 0 Å². The minimum atomic E-state index is -0.987. The predicted octanol–water partition coefficient (Wildman–Crippen LogP) is 3.48. The normalized spacial score (nSPS) is 10.1. The summed E-state index contributed by atoms with van der Waals surface area (Å²) in [5.41, 5.74) is 0.320. The van der Waals surface area contributed by atoms with Crippen LogP contribution in [0.25, 0.3) is 0 Å². The zero-order chi connectivity index (χ0) is 17.7. The molecule has 0 bridgehead atoms. The van der Waals surface area contributed by atoms with Crippen molar-refractivity contribution in [3.63, 3.8) is 0 Å². The molecule has 124 valence electrons. The van der Waals surface area contributed by atoms with Crippen LogP contribution in [0, 0.1) is 5.82 Å². The summed E-state index contributed by atoms with van der Waals surface area (Å²) in [5, 5.41) is 2.61. The molecule has 5 nitrogen and oxygen atoms in total. The van der Waals surface area contributed by atoms with Crippen molar-refractivity contribution in [1.82, 2.24) is 0 Å². The number of carbonyl (C=O) groups is 3. The number of carbonyl (C=O) groups excluding carboxylic acids is 3. The molecule has 1 N–H and O–H groups in total. The fourth-order valence-electron chi connectivity index (χ4n) is 1.95. The maximum absolute atomic E-state index is 13.6. The minimum absolute atomic E-state index is 0.141. The lowest BCUT2D eigenvalue weighted by Gasteiger charge is -2.09. The molecule has 0 saturated heterocycles. The fourth-order valence-corrected chi connectivity index (χ4v) is 2.11. The number of para-hydroxylation sites is 1. The fraction of sp³-hybridized carbons (Fsp3) is 0.118. The van der Waals surface area contributed by atoms with Gasteiger partial charge in [0.15, 0.2) is 12.4 Å². The second-order valence-electron chi connectivity index (χ2n) is 4.85. The van der Waals surface area contributed by atoms with Crippen molar-refractivity contribution in [3.05, 3.63) is 64.4 Å². The summed E-state index contributed by atoms with van der Waals surface area (Å²) >= 11 is 5.60. The van der Waals surface area contributed by atoms with E-state index in [1.165, 1.54) is 19.1 Å². The molecule has 0 atom stereocenters. The highest BCUT2D eigenvalue weighted by Crippen LogP contribution is 2.17. The van der Waals surface area contributed by atoms with Gasteiger partial charge in [0.1, 0.15) is 5.82 Å². The first-order chi connectivity index (χ1) is 11.4. The second-order valence-corrected chi connectivity index (χ2v) is 5.29. The molecule has 0 aliphatic rings. The van der Waals surface area contributed by atoms with Gasteiger partial charge in [-0.15, -0.1) is 0 Å². The first-order valence-electron chi connectivity index (χ1n) is 6.90. The molecule has 2 aromatic rings. The van der Waals surface area contributed by atoms with Crippen molar-refractivity contribution in [1.29, 1.82) is 0 Å². The number of ketones is 1. The van der Waals surface area contributed by atoms with Gasteiger partial charge in [-0.05, 0) is 37.3 Å². The Kier molecular flexibility index (Phi) is 5.65. The molecule has 1 amide bonds. The number of benzene rings is 2. The van der Waals surface area contributed by atoms with Gasteiger partial charge in [0.2, 0.25) is 0 Å². The van der Waals surface area contributed by atoms with Gasteiger partial charge in [0.25, 0.3) is 5.91 Å². The molecule has 0 unspecified atom stereocenters. The van der Waals surface area contributed by atoms with E-state index in [-0.39, 0.29) is 16.4 Å². The first kappa shape index (κ1) is 17.6. The summed E-state index contributed by atoms with van der Waals surface area (Å²) in [6, 6.07) is 9.91. The van der Waals surface area contributed by atoms with Gasteiger partial charge in [-0.3, -0.25) is 9.59 Å². The van der Waals surface area contributed by atoms with Crippen LogP contribution in [0.5, 0.6) is 0 Å². The SMILES string of the molecule is CC(=O)c1ccccc1NC(=O)COC(=O)c1ccc(Cl)cc1F. The van der Waals surface area contributed by atoms with Crippen LogP contribution in [0.2, 0.25) is 5.02 Å². The number of ether oxygens (including phenoxy) is 1. The molecule has 0 saturated carbocycles. The maximum atomic E-state index is 13.6. The molecule has 0 aliphatic heterocycles. The summed E-state index contributed by atoms with van der Waals surface area (Å²) < 4.78 is 18.4. The average molecular weight is 350 g/mol. The van der Waals surface area contributed by atoms with Gasteiger partial charge < -0.3 is 10.1 Å². The second kappa shape index (κ2) is 7.70. The summed E-state index contributed by atoms with van der Waals surface area (Å²) in [5.74, 6) is -2.69. The third-order valence-electron chi connectivity index (χ3n) is 3.07.